The Labute approximate surface area is 357 Å². The number of rotatable bonds is 9. The summed E-state index contributed by atoms with van der Waals surface area (Å²) in [7, 11) is 0. The summed E-state index contributed by atoms with van der Waals surface area (Å²) in [6, 6.07) is 0. The quantitative estimate of drug-likeness (QED) is 0.106. The standard InChI is InChI=1S/C46H77N5O9/c1-4-24(20-49-5-2)45(57)59-35-18-32-41(56)39-34(55)17-29(21-52)58-43(39)40-38-30-12-13-50-44(48)37(30)26(8-7-25-9-10-28(54)16-31(25)33(38)22-53)15-27(46(35,3)60-42(32)40)14-23-6-11-36(47)51-19-23/h4,23,25-33,35-44,49-54,56H,5-22,47-48H2,1-3H3/p+2/t23?,25?,26?,27-,28?,29?,30?,31?,32?,33?,35+,36?,37?,38?,39?,40?,41?,42?,43?,44?,46+/m1/s1. The Hall–Kier alpha value is -1.56. The second kappa shape index (κ2) is 18.9. The number of aliphatic hydroxyl groups excluding tert-OH is 4. The lowest BCUT2D eigenvalue weighted by Crippen LogP contribution is -2.95. The van der Waals surface area contributed by atoms with Crippen LogP contribution in [-0.2, 0) is 23.8 Å². The number of aliphatic hydroxyl groups is 4. The van der Waals surface area contributed by atoms with Crippen LogP contribution in [0.5, 0.6) is 0 Å². The first-order chi connectivity index (χ1) is 28.9. The maximum atomic E-state index is 14.4. The number of allylic oxidation sites excluding steroid dienone is 1. The number of ketones is 1. The zero-order valence-corrected chi connectivity index (χ0v) is 36.5. The molecule has 5 aliphatic heterocycles. The molecule has 0 aromatic carbocycles. The smallest absolute Gasteiger partial charge is 0.339 e. The van der Waals surface area contributed by atoms with Crippen LogP contribution in [0, 0.1) is 71.0 Å². The van der Waals surface area contributed by atoms with E-state index in [9.17, 15) is 30.0 Å². The van der Waals surface area contributed by atoms with E-state index in [1.807, 2.05) is 13.0 Å². The minimum absolute atomic E-state index is 0.00640. The maximum Gasteiger partial charge on any atom is 0.339 e. The van der Waals surface area contributed by atoms with Gasteiger partial charge in [0.1, 0.15) is 30.2 Å². The normalized spacial score (nSPS) is 49.6. The van der Waals surface area contributed by atoms with Gasteiger partial charge in [-0.3, -0.25) is 10.5 Å². The van der Waals surface area contributed by atoms with E-state index in [1.54, 1.807) is 0 Å². The highest BCUT2D eigenvalue weighted by Crippen LogP contribution is 2.61. The number of Topliss-reactive ketones (excluding diaryl/α,β-unsaturated/α-hetero) is 1. The van der Waals surface area contributed by atoms with Crippen molar-refractivity contribution in [2.24, 2.45) is 82.5 Å². The van der Waals surface area contributed by atoms with Gasteiger partial charge in [-0.1, -0.05) is 6.08 Å². The van der Waals surface area contributed by atoms with E-state index in [4.69, 9.17) is 25.7 Å². The highest BCUT2D eigenvalue weighted by molar-refractivity contribution is 5.88. The fourth-order valence-corrected chi connectivity index (χ4v) is 14.9. The fourth-order valence-electron chi connectivity index (χ4n) is 14.9. The lowest BCUT2D eigenvalue weighted by Gasteiger charge is -2.63. The molecule has 8 aliphatic rings. The molecule has 13 N–H and O–H groups in total. The van der Waals surface area contributed by atoms with Gasteiger partial charge < -0.3 is 56.3 Å². The van der Waals surface area contributed by atoms with Gasteiger partial charge in [0.2, 0.25) is 0 Å². The van der Waals surface area contributed by atoms with Gasteiger partial charge in [0.05, 0.1) is 67.9 Å². The van der Waals surface area contributed by atoms with E-state index in [1.165, 1.54) is 0 Å². The number of carbonyl (C=O) groups excluding carboxylic acids is 2. The largest absolute Gasteiger partial charge is 0.456 e. The van der Waals surface area contributed by atoms with Crippen LogP contribution in [0.25, 0.3) is 0 Å². The molecule has 0 radical (unpaired) electrons. The SMILES string of the molecule is CC=C(C[NH2+]CC)C(=O)O[C@H]1CC2C(O)C3C(=O)CC(CO)OC3C3C2O[C@@]1(C)[C@H](CC1CCC(N)[NH2+]C1)CC1CCC2CCC(O)CC2C(CO)C3C2CCNC(N)C12. The molecule has 14 heteroatoms. The van der Waals surface area contributed by atoms with Crippen molar-refractivity contribution in [3.05, 3.63) is 11.6 Å². The van der Waals surface area contributed by atoms with Crippen molar-refractivity contribution in [3.63, 3.8) is 0 Å². The summed E-state index contributed by atoms with van der Waals surface area (Å²) in [5.41, 5.74) is 13.4. The van der Waals surface area contributed by atoms with E-state index in [0.717, 1.165) is 77.4 Å². The number of esters is 1. The molecule has 18 unspecified atom stereocenters. The molecular formula is C46H79N5O9+2. The van der Waals surface area contributed by atoms with Crippen LogP contribution < -0.4 is 27.4 Å². The number of ether oxygens (including phenoxy) is 3. The molecule has 8 fully saturated rings. The molecule has 5 heterocycles. The Bertz CT molecular complexity index is 1530. The summed E-state index contributed by atoms with van der Waals surface area (Å²) in [6.07, 6.45) is 6.24. The number of hydrogen-bond acceptors (Lipinski definition) is 12. The Morgan fingerprint density at radius 2 is 1.75 bits per heavy atom. The number of carbonyl (C=O) groups is 2. The average Bonchev–Trinajstić information content (AvgIpc) is 3.28. The molecule has 0 amide bonds. The first-order valence-electron chi connectivity index (χ1n) is 24.1. The Morgan fingerprint density at radius 3 is 2.47 bits per heavy atom. The molecule has 5 saturated heterocycles. The molecule has 3 saturated carbocycles. The van der Waals surface area contributed by atoms with Gasteiger partial charge in [-0.25, -0.2) is 4.79 Å². The Kier molecular flexibility index (Phi) is 14.2. The molecule has 3 aliphatic carbocycles. The highest BCUT2D eigenvalue weighted by atomic mass is 16.6. The van der Waals surface area contributed by atoms with Crippen LogP contribution in [0.4, 0.5) is 0 Å². The molecule has 4 bridgehead atoms. The van der Waals surface area contributed by atoms with Gasteiger partial charge in [0.15, 0.2) is 0 Å². The van der Waals surface area contributed by atoms with Gasteiger partial charge in [0.25, 0.3) is 0 Å². The van der Waals surface area contributed by atoms with Crippen molar-refractivity contribution in [2.75, 3.05) is 39.4 Å². The zero-order valence-electron chi connectivity index (χ0n) is 36.5. The van der Waals surface area contributed by atoms with Crippen LogP contribution >= 0.6 is 0 Å². The summed E-state index contributed by atoms with van der Waals surface area (Å²) in [6.45, 7) is 8.63. The fraction of sp³-hybridized carbons (Fsp3) is 0.913. The maximum absolute atomic E-state index is 14.4. The minimum atomic E-state index is -1.12. The van der Waals surface area contributed by atoms with Crippen LogP contribution in [0.3, 0.4) is 0 Å². The zero-order chi connectivity index (χ0) is 42.5. The van der Waals surface area contributed by atoms with E-state index >= 15 is 0 Å². The third-order valence-corrected chi connectivity index (χ3v) is 17.9. The molecule has 340 valence electrons. The van der Waals surface area contributed by atoms with E-state index in [-0.39, 0.29) is 85.1 Å². The van der Waals surface area contributed by atoms with Crippen LogP contribution in [0.15, 0.2) is 11.6 Å². The summed E-state index contributed by atoms with van der Waals surface area (Å²) >= 11 is 0. The molecule has 60 heavy (non-hydrogen) atoms. The third-order valence-electron chi connectivity index (χ3n) is 17.9. The lowest BCUT2D eigenvalue weighted by atomic mass is 9.50. The monoisotopic (exact) mass is 846 g/mol. The van der Waals surface area contributed by atoms with Gasteiger partial charge in [-0.15, -0.1) is 0 Å². The van der Waals surface area contributed by atoms with Gasteiger partial charge in [-0.05, 0) is 139 Å². The first kappa shape index (κ1) is 45.0. The Morgan fingerprint density at radius 1 is 0.967 bits per heavy atom. The number of fused-ring (bicyclic) bond motifs is 5. The van der Waals surface area contributed by atoms with Crippen LogP contribution in [-0.4, -0.2) is 126 Å². The van der Waals surface area contributed by atoms with Crippen molar-refractivity contribution in [3.8, 4) is 0 Å². The van der Waals surface area contributed by atoms with Crippen molar-refractivity contribution < 1.29 is 54.9 Å². The topological polar surface area (TPSA) is 240 Å². The molecule has 0 aromatic heterocycles. The predicted octanol–water partition coefficient (Wildman–Crippen LogP) is -0.492. The number of piperidine rings is 2. The van der Waals surface area contributed by atoms with Gasteiger partial charge in [-0.2, -0.15) is 0 Å². The highest BCUT2D eigenvalue weighted by Gasteiger charge is 2.67. The van der Waals surface area contributed by atoms with E-state index in [2.05, 4.69) is 29.8 Å². The second-order valence-corrected chi connectivity index (χ2v) is 20.9. The van der Waals surface area contributed by atoms with Crippen molar-refractivity contribution in [1.82, 2.24) is 5.32 Å². The molecule has 8 rings (SSSR count). The van der Waals surface area contributed by atoms with E-state index in [0.29, 0.717) is 36.8 Å². The van der Waals surface area contributed by atoms with E-state index < -0.39 is 60.0 Å². The van der Waals surface area contributed by atoms with Gasteiger partial charge in [0, 0.05) is 37.2 Å². The molecule has 0 aromatic rings. The van der Waals surface area contributed by atoms with Gasteiger partial charge >= 0.3 is 5.97 Å². The van der Waals surface area contributed by atoms with Crippen LogP contribution in [0.2, 0.25) is 0 Å². The number of quaternary nitrogens is 2. The minimum Gasteiger partial charge on any atom is -0.456 e. The Balaban J connectivity index is 1.33. The lowest BCUT2D eigenvalue weighted by molar-refractivity contribution is -0.703. The summed E-state index contributed by atoms with van der Waals surface area (Å²) in [5, 5.41) is 54.3. The van der Waals surface area contributed by atoms with Crippen molar-refractivity contribution in [1.29, 1.82) is 0 Å². The number of hydrogen-bond donors (Lipinski definition) is 9. The predicted molar refractivity (Wildman–Crippen MR) is 222 cm³/mol. The summed E-state index contributed by atoms with van der Waals surface area (Å²) in [5.74, 6) is -1.83. The number of nitrogens with one attached hydrogen (secondary N) is 1. The second-order valence-electron chi connectivity index (χ2n) is 20.9. The number of likely N-dealkylation sites (N-methyl/N-ethyl adjacent to an activating group) is 1. The number of nitrogens with two attached hydrogens (primary N) is 4. The molecule has 14 nitrogen and oxygen atoms in total. The van der Waals surface area contributed by atoms with Crippen molar-refractivity contribution >= 4 is 11.8 Å². The molecule has 21 atom stereocenters. The molecular weight excluding hydrogens is 767 g/mol. The summed E-state index contributed by atoms with van der Waals surface area (Å²) in [4.78, 5) is 28.7. The van der Waals surface area contributed by atoms with Crippen molar-refractivity contribution in [2.45, 2.75) is 152 Å². The van der Waals surface area contributed by atoms with Crippen LogP contribution in [0.1, 0.15) is 97.8 Å². The summed E-state index contributed by atoms with van der Waals surface area (Å²) < 4.78 is 21.5. The first-order valence-corrected chi connectivity index (χ1v) is 24.1. The average molecular weight is 846 g/mol. The third kappa shape index (κ3) is 8.43. The molecule has 0 spiro atoms.